The van der Waals surface area contributed by atoms with Crippen molar-refractivity contribution in [3.63, 3.8) is 0 Å². The van der Waals surface area contributed by atoms with Gasteiger partial charge in [-0.25, -0.2) is 9.97 Å². The lowest BCUT2D eigenvalue weighted by molar-refractivity contribution is -0.140. The second-order valence-electron chi connectivity index (χ2n) is 8.07. The molecule has 5 rings (SSSR count). The molecule has 2 N–H and O–H groups in total. The Morgan fingerprint density at radius 2 is 1.81 bits per heavy atom. The van der Waals surface area contributed by atoms with Gasteiger partial charge in [0.05, 0.1) is 23.6 Å². The molecule has 0 saturated heterocycles. The average Bonchev–Trinajstić information content (AvgIpc) is 3.42. The summed E-state index contributed by atoms with van der Waals surface area (Å²) in [6.07, 6.45) is 4.82. The summed E-state index contributed by atoms with van der Waals surface area (Å²) in [5.74, 6) is 0.450. The van der Waals surface area contributed by atoms with Gasteiger partial charge in [0.25, 0.3) is 5.91 Å². The van der Waals surface area contributed by atoms with Gasteiger partial charge in [-0.05, 0) is 49.9 Å². The van der Waals surface area contributed by atoms with E-state index in [0.29, 0.717) is 11.4 Å². The quantitative estimate of drug-likeness (QED) is 0.498. The summed E-state index contributed by atoms with van der Waals surface area (Å²) in [4.78, 5) is 20.3. The average molecular weight is 442 g/mol. The van der Waals surface area contributed by atoms with Crippen molar-refractivity contribution in [1.29, 1.82) is 0 Å². The van der Waals surface area contributed by atoms with Crippen LogP contribution in [0, 0.1) is 0 Å². The number of hydrogen-bond donors (Lipinski definition) is 2. The topological polar surface area (TPSA) is 75.7 Å². The highest BCUT2D eigenvalue weighted by atomic mass is 19.4. The maximum absolute atomic E-state index is 13.0. The van der Waals surface area contributed by atoms with Crippen LogP contribution in [0.15, 0.2) is 55.2 Å². The molecule has 7 nitrogen and oxygen atoms in total. The summed E-state index contributed by atoms with van der Waals surface area (Å²) < 4.78 is 42.3. The molecule has 0 bridgehead atoms. The molecule has 4 aromatic heterocycles. The van der Waals surface area contributed by atoms with Crippen LogP contribution in [0.3, 0.4) is 0 Å². The Morgan fingerprint density at radius 1 is 1.03 bits per heavy atom. The highest BCUT2D eigenvalue weighted by molar-refractivity contribution is 5.94. The summed E-state index contributed by atoms with van der Waals surface area (Å²) in [5, 5.41) is 6.43. The fourth-order valence-electron chi connectivity index (χ4n) is 4.18. The summed E-state index contributed by atoms with van der Waals surface area (Å²) >= 11 is 0. The molecular formula is C22H21F3N6O. The highest BCUT2D eigenvalue weighted by Gasteiger charge is 2.34. The van der Waals surface area contributed by atoms with Gasteiger partial charge in [0, 0.05) is 24.5 Å². The van der Waals surface area contributed by atoms with Gasteiger partial charge in [-0.2, -0.15) is 13.2 Å². The van der Waals surface area contributed by atoms with E-state index in [9.17, 15) is 18.0 Å². The number of nitrogens with zero attached hydrogens (tertiary/aromatic N) is 4. The van der Waals surface area contributed by atoms with Crippen LogP contribution in [0.5, 0.6) is 0 Å². The molecule has 32 heavy (non-hydrogen) atoms. The molecule has 0 atom stereocenters. The van der Waals surface area contributed by atoms with Crippen molar-refractivity contribution in [3.8, 4) is 0 Å². The van der Waals surface area contributed by atoms with E-state index >= 15 is 0 Å². The van der Waals surface area contributed by atoms with Gasteiger partial charge in [0.2, 0.25) is 0 Å². The number of alkyl halides is 3. The molecule has 1 aliphatic rings. The van der Waals surface area contributed by atoms with E-state index in [2.05, 4.69) is 20.6 Å². The van der Waals surface area contributed by atoms with Gasteiger partial charge >= 0.3 is 6.18 Å². The van der Waals surface area contributed by atoms with E-state index in [0.717, 1.165) is 37.4 Å². The van der Waals surface area contributed by atoms with Crippen LogP contribution in [0.25, 0.3) is 11.2 Å². The molecule has 10 heteroatoms. The highest BCUT2D eigenvalue weighted by Crippen LogP contribution is 2.30. The number of carbonyl (C=O) groups excluding carboxylic acids is 1. The van der Waals surface area contributed by atoms with Crippen molar-refractivity contribution in [1.82, 2.24) is 24.1 Å². The Hall–Kier alpha value is -3.56. The minimum Gasteiger partial charge on any atom is -0.368 e. The molecule has 0 radical (unpaired) electrons. The lowest BCUT2D eigenvalue weighted by atomic mass is 9.91. The lowest BCUT2D eigenvalue weighted by Crippen LogP contribution is -2.40. The van der Waals surface area contributed by atoms with Crippen LogP contribution in [0.4, 0.5) is 19.0 Å². The third-order valence-corrected chi connectivity index (χ3v) is 5.87. The summed E-state index contributed by atoms with van der Waals surface area (Å²) in [5.41, 5.74) is 0.830. The zero-order chi connectivity index (χ0) is 22.3. The third-order valence-electron chi connectivity index (χ3n) is 5.87. The molecule has 0 spiro atoms. The molecule has 1 amide bonds. The normalized spacial score (nSPS) is 19.3. The van der Waals surface area contributed by atoms with Crippen molar-refractivity contribution >= 4 is 22.9 Å². The zero-order valence-corrected chi connectivity index (χ0v) is 17.0. The number of rotatable bonds is 4. The maximum Gasteiger partial charge on any atom is 0.434 e. The molecular weight excluding hydrogens is 421 g/mol. The van der Waals surface area contributed by atoms with Crippen molar-refractivity contribution in [2.24, 2.45) is 0 Å². The first-order valence-corrected chi connectivity index (χ1v) is 10.4. The number of fused-ring (bicyclic) bond motifs is 2. The molecule has 1 fully saturated rings. The van der Waals surface area contributed by atoms with Gasteiger partial charge in [-0.1, -0.05) is 6.07 Å². The molecule has 4 heterocycles. The van der Waals surface area contributed by atoms with E-state index in [-0.39, 0.29) is 23.6 Å². The first kappa shape index (κ1) is 20.3. The molecule has 0 aliphatic heterocycles. The first-order valence-electron chi connectivity index (χ1n) is 10.4. The van der Waals surface area contributed by atoms with Crippen molar-refractivity contribution in [2.45, 2.75) is 43.9 Å². The summed E-state index contributed by atoms with van der Waals surface area (Å²) in [7, 11) is 0. The second-order valence-corrected chi connectivity index (χ2v) is 8.07. The number of amides is 1. The number of pyridine rings is 2. The third kappa shape index (κ3) is 4.00. The number of hydrogen-bond acceptors (Lipinski definition) is 4. The minimum absolute atomic E-state index is 0.0555. The van der Waals surface area contributed by atoms with Gasteiger partial charge in [-0.15, -0.1) is 0 Å². The molecule has 0 unspecified atom stereocenters. The van der Waals surface area contributed by atoms with Gasteiger partial charge < -0.3 is 15.0 Å². The number of nitrogens with one attached hydrogen (secondary N) is 2. The predicted octanol–water partition coefficient (Wildman–Crippen LogP) is 4.15. The number of halogens is 3. The SMILES string of the molecule is O=C(N[C@H]1CC[C@@H](Nc2cccc3nc(C(F)(F)F)cn23)CC1)c1ccc2cncn2c1. The largest absolute Gasteiger partial charge is 0.434 e. The standard InChI is InChI=1S/C22H21F3N6O/c23-22(24,25)18-12-31-19(2-1-3-20(31)29-18)27-15-5-7-16(8-6-15)28-21(32)14-4-9-17-10-26-13-30(17)11-14/h1-4,9-13,15-16,27H,5-8H2,(H,28,32)/t15-,16+. The van der Waals surface area contributed by atoms with Crippen LogP contribution >= 0.6 is 0 Å². The van der Waals surface area contributed by atoms with Crippen LogP contribution in [-0.4, -0.2) is 36.8 Å². The van der Waals surface area contributed by atoms with Crippen molar-refractivity contribution in [2.75, 3.05) is 5.32 Å². The Morgan fingerprint density at radius 3 is 2.59 bits per heavy atom. The second kappa shape index (κ2) is 7.85. The summed E-state index contributed by atoms with van der Waals surface area (Å²) in [6.45, 7) is 0. The van der Waals surface area contributed by atoms with E-state index in [1.54, 1.807) is 47.4 Å². The van der Waals surface area contributed by atoms with Gasteiger partial charge in [-0.3, -0.25) is 9.20 Å². The first-order chi connectivity index (χ1) is 15.4. The number of imidazole rings is 2. The Labute approximate surface area is 181 Å². The van der Waals surface area contributed by atoms with Crippen LogP contribution < -0.4 is 10.6 Å². The fourth-order valence-corrected chi connectivity index (χ4v) is 4.18. The van der Waals surface area contributed by atoms with Crippen LogP contribution in [0.1, 0.15) is 41.7 Å². The smallest absolute Gasteiger partial charge is 0.368 e. The van der Waals surface area contributed by atoms with Crippen LogP contribution in [0.2, 0.25) is 0 Å². The van der Waals surface area contributed by atoms with Gasteiger partial charge in [0.15, 0.2) is 5.69 Å². The summed E-state index contributed by atoms with van der Waals surface area (Å²) in [6, 6.07) is 8.77. The maximum atomic E-state index is 13.0. The monoisotopic (exact) mass is 442 g/mol. The van der Waals surface area contributed by atoms with Crippen molar-refractivity contribution < 1.29 is 18.0 Å². The van der Waals surface area contributed by atoms with E-state index in [1.165, 1.54) is 4.40 Å². The molecule has 166 valence electrons. The molecule has 1 aliphatic carbocycles. The molecule has 4 aromatic rings. The number of carbonyl (C=O) groups is 1. The van der Waals surface area contributed by atoms with Gasteiger partial charge in [0.1, 0.15) is 11.5 Å². The Bertz CT molecular complexity index is 1270. The van der Waals surface area contributed by atoms with E-state index in [4.69, 9.17) is 0 Å². The van der Waals surface area contributed by atoms with Crippen LogP contribution in [-0.2, 0) is 6.18 Å². The minimum atomic E-state index is -4.48. The Balaban J connectivity index is 1.20. The van der Waals surface area contributed by atoms with E-state index in [1.807, 2.05) is 6.07 Å². The Kier molecular flexibility index (Phi) is 4.99. The predicted molar refractivity (Wildman–Crippen MR) is 113 cm³/mol. The van der Waals surface area contributed by atoms with E-state index < -0.39 is 11.9 Å². The number of aromatic nitrogens is 4. The lowest BCUT2D eigenvalue weighted by Gasteiger charge is -2.30. The number of anilines is 1. The zero-order valence-electron chi connectivity index (χ0n) is 17.0. The van der Waals surface area contributed by atoms with Crippen molar-refractivity contribution in [3.05, 3.63) is 66.5 Å². The molecule has 1 saturated carbocycles. The molecule has 0 aromatic carbocycles. The fraction of sp³-hybridized carbons (Fsp3) is 0.318.